The summed E-state index contributed by atoms with van der Waals surface area (Å²) in [6.45, 7) is 4.21. The van der Waals surface area contributed by atoms with E-state index in [-0.39, 0.29) is 5.41 Å². The van der Waals surface area contributed by atoms with Gasteiger partial charge in [-0.15, -0.1) is 0 Å². The summed E-state index contributed by atoms with van der Waals surface area (Å²) in [5, 5.41) is 13.7. The number of carbonyl (C=O) groups is 2. The number of carbonyl (C=O) groups excluding carboxylic acids is 1. The van der Waals surface area contributed by atoms with Gasteiger partial charge in [-0.25, -0.2) is 4.79 Å². The van der Waals surface area contributed by atoms with Gasteiger partial charge in [0, 0.05) is 6.54 Å². The van der Waals surface area contributed by atoms with E-state index in [1.54, 1.807) is 0 Å². The van der Waals surface area contributed by atoms with Crippen LogP contribution in [0.15, 0.2) is 0 Å². The Morgan fingerprint density at radius 3 is 2.44 bits per heavy atom. The number of nitrogens with one attached hydrogen (secondary N) is 2. The van der Waals surface area contributed by atoms with Gasteiger partial charge in [-0.2, -0.15) is 0 Å². The minimum Gasteiger partial charge on any atom is -0.480 e. The van der Waals surface area contributed by atoms with Crippen LogP contribution in [0.5, 0.6) is 0 Å². The third-order valence-electron chi connectivity index (χ3n) is 3.51. The van der Waals surface area contributed by atoms with Gasteiger partial charge in [0.2, 0.25) is 0 Å². The Kier molecular flexibility index (Phi) is 4.15. The van der Waals surface area contributed by atoms with E-state index in [4.69, 9.17) is 5.11 Å². The molecule has 0 heterocycles. The summed E-state index contributed by atoms with van der Waals surface area (Å²) in [7, 11) is 0. The van der Waals surface area contributed by atoms with Gasteiger partial charge in [0.25, 0.3) is 0 Å². The molecule has 1 fully saturated rings. The molecule has 92 valence electrons. The van der Waals surface area contributed by atoms with Crippen molar-refractivity contribution < 1.29 is 14.7 Å². The molecule has 1 saturated carbocycles. The normalized spacial score (nSPS) is 19.4. The molecule has 1 aliphatic rings. The molecule has 5 heteroatoms. The number of amides is 2. The highest BCUT2D eigenvalue weighted by molar-refractivity contribution is 5.82. The van der Waals surface area contributed by atoms with E-state index < -0.39 is 18.0 Å². The van der Waals surface area contributed by atoms with Crippen LogP contribution in [0.1, 0.15) is 39.5 Å². The van der Waals surface area contributed by atoms with Crippen molar-refractivity contribution in [3.8, 4) is 0 Å². The summed E-state index contributed by atoms with van der Waals surface area (Å²) in [5.74, 6) is -1.02. The molecule has 0 aliphatic heterocycles. The van der Waals surface area contributed by atoms with Gasteiger partial charge >= 0.3 is 12.0 Å². The average Bonchev–Trinajstić information content (AvgIpc) is 2.16. The van der Waals surface area contributed by atoms with Crippen molar-refractivity contribution in [2.24, 2.45) is 5.41 Å². The highest BCUT2D eigenvalue weighted by Crippen LogP contribution is 2.42. The van der Waals surface area contributed by atoms with Crippen molar-refractivity contribution in [3.63, 3.8) is 0 Å². The summed E-state index contributed by atoms with van der Waals surface area (Å²) in [6, 6.07) is -1.24. The Morgan fingerprint density at radius 2 is 2.06 bits per heavy atom. The van der Waals surface area contributed by atoms with E-state index in [1.807, 2.05) is 0 Å². The number of urea groups is 1. The van der Waals surface area contributed by atoms with Crippen LogP contribution in [0.4, 0.5) is 4.79 Å². The molecule has 0 unspecified atom stereocenters. The quantitative estimate of drug-likeness (QED) is 0.664. The fraction of sp³-hybridized carbons (Fsp3) is 0.818. The van der Waals surface area contributed by atoms with Gasteiger partial charge in [-0.3, -0.25) is 4.79 Å². The van der Waals surface area contributed by atoms with Crippen LogP contribution in [0.25, 0.3) is 0 Å². The third-order valence-corrected chi connectivity index (χ3v) is 3.51. The van der Waals surface area contributed by atoms with Gasteiger partial charge < -0.3 is 15.7 Å². The average molecular weight is 228 g/mol. The smallest absolute Gasteiger partial charge is 0.325 e. The number of hydrogen-bond donors (Lipinski definition) is 3. The maximum atomic E-state index is 11.4. The number of carboxylic acid groups (broad SMARTS) is 1. The number of aliphatic carboxylic acids is 1. The fourth-order valence-corrected chi connectivity index (χ4v) is 1.91. The number of hydrogen-bond acceptors (Lipinski definition) is 2. The summed E-state index contributed by atoms with van der Waals surface area (Å²) < 4.78 is 0. The van der Waals surface area contributed by atoms with Crippen LogP contribution in [-0.2, 0) is 4.79 Å². The number of carboxylic acids is 1. The van der Waals surface area contributed by atoms with E-state index in [1.165, 1.54) is 13.3 Å². The monoisotopic (exact) mass is 228 g/mol. The predicted molar refractivity (Wildman–Crippen MR) is 60.2 cm³/mol. The zero-order valence-corrected chi connectivity index (χ0v) is 9.88. The molecule has 0 aromatic rings. The lowest BCUT2D eigenvalue weighted by atomic mass is 9.67. The second kappa shape index (κ2) is 5.18. The largest absolute Gasteiger partial charge is 0.480 e. The molecule has 1 atom stereocenters. The standard InChI is InChI=1S/C11H20N2O3/c1-3-11(5-4-6-11)7-12-10(16)13-8(2)9(14)15/h8H,3-7H2,1-2H3,(H,14,15)(H2,12,13,16)/t8-/m1/s1. The molecular formula is C11H20N2O3. The Bertz CT molecular complexity index is 269. The van der Waals surface area contributed by atoms with Crippen molar-refractivity contribution in [1.29, 1.82) is 0 Å². The molecule has 0 bridgehead atoms. The lowest BCUT2D eigenvalue weighted by Crippen LogP contribution is -2.49. The van der Waals surface area contributed by atoms with E-state index >= 15 is 0 Å². The lowest BCUT2D eigenvalue weighted by Gasteiger charge is -2.41. The van der Waals surface area contributed by atoms with E-state index in [2.05, 4.69) is 17.6 Å². The van der Waals surface area contributed by atoms with Crippen molar-refractivity contribution in [1.82, 2.24) is 10.6 Å². The Labute approximate surface area is 95.6 Å². The maximum absolute atomic E-state index is 11.4. The highest BCUT2D eigenvalue weighted by atomic mass is 16.4. The van der Waals surface area contributed by atoms with E-state index in [0.29, 0.717) is 6.54 Å². The molecule has 0 aromatic heterocycles. The van der Waals surface area contributed by atoms with Crippen LogP contribution in [0.3, 0.4) is 0 Å². The van der Waals surface area contributed by atoms with Crippen molar-refractivity contribution in [2.45, 2.75) is 45.6 Å². The number of rotatable bonds is 5. The first kappa shape index (κ1) is 12.8. The first-order valence-corrected chi connectivity index (χ1v) is 5.76. The van der Waals surface area contributed by atoms with Crippen molar-refractivity contribution in [2.75, 3.05) is 6.54 Å². The summed E-state index contributed by atoms with van der Waals surface area (Å²) >= 11 is 0. The predicted octanol–water partition coefficient (Wildman–Crippen LogP) is 1.34. The lowest BCUT2D eigenvalue weighted by molar-refractivity contribution is -0.138. The third kappa shape index (κ3) is 3.12. The minimum absolute atomic E-state index is 0.254. The minimum atomic E-state index is -1.02. The molecule has 5 nitrogen and oxygen atoms in total. The Balaban J connectivity index is 2.27. The molecule has 1 aliphatic carbocycles. The maximum Gasteiger partial charge on any atom is 0.325 e. The molecule has 0 aromatic carbocycles. The van der Waals surface area contributed by atoms with Gasteiger partial charge in [0.15, 0.2) is 0 Å². The van der Waals surface area contributed by atoms with Crippen LogP contribution in [-0.4, -0.2) is 29.7 Å². The SMILES string of the molecule is CCC1(CNC(=O)N[C@H](C)C(=O)O)CCC1. The van der Waals surface area contributed by atoms with Gasteiger partial charge in [0.1, 0.15) is 6.04 Å². The molecule has 0 saturated heterocycles. The first-order valence-electron chi connectivity index (χ1n) is 5.76. The molecule has 2 amide bonds. The van der Waals surface area contributed by atoms with Crippen molar-refractivity contribution >= 4 is 12.0 Å². The zero-order chi connectivity index (χ0) is 12.2. The molecular weight excluding hydrogens is 208 g/mol. The topological polar surface area (TPSA) is 78.4 Å². The van der Waals surface area contributed by atoms with E-state index in [0.717, 1.165) is 19.3 Å². The second-order valence-corrected chi connectivity index (χ2v) is 4.59. The van der Waals surface area contributed by atoms with Gasteiger partial charge in [-0.05, 0) is 31.6 Å². The summed E-state index contributed by atoms with van der Waals surface area (Å²) in [4.78, 5) is 21.9. The summed E-state index contributed by atoms with van der Waals surface area (Å²) in [6.07, 6.45) is 4.58. The van der Waals surface area contributed by atoms with Crippen LogP contribution in [0, 0.1) is 5.41 Å². The molecule has 16 heavy (non-hydrogen) atoms. The fourth-order valence-electron chi connectivity index (χ4n) is 1.91. The van der Waals surface area contributed by atoms with E-state index in [9.17, 15) is 9.59 Å². The van der Waals surface area contributed by atoms with Gasteiger partial charge in [-0.1, -0.05) is 13.3 Å². The van der Waals surface area contributed by atoms with Crippen LogP contribution < -0.4 is 10.6 Å². The Morgan fingerprint density at radius 1 is 1.44 bits per heavy atom. The molecule has 3 N–H and O–H groups in total. The Hall–Kier alpha value is -1.26. The molecule has 0 radical (unpaired) electrons. The van der Waals surface area contributed by atoms with Crippen molar-refractivity contribution in [3.05, 3.63) is 0 Å². The van der Waals surface area contributed by atoms with Gasteiger partial charge in [0.05, 0.1) is 0 Å². The second-order valence-electron chi connectivity index (χ2n) is 4.59. The van der Waals surface area contributed by atoms with Crippen LogP contribution in [0.2, 0.25) is 0 Å². The zero-order valence-electron chi connectivity index (χ0n) is 9.88. The first-order chi connectivity index (χ1) is 7.49. The van der Waals surface area contributed by atoms with Crippen LogP contribution >= 0.6 is 0 Å². The summed E-state index contributed by atoms with van der Waals surface area (Å²) in [5.41, 5.74) is 0.254. The highest BCUT2D eigenvalue weighted by Gasteiger charge is 2.35. The molecule has 1 rings (SSSR count). The molecule has 0 spiro atoms.